The summed E-state index contributed by atoms with van der Waals surface area (Å²) in [5.74, 6) is 0.658. The first-order valence-corrected chi connectivity index (χ1v) is 10.6. The Morgan fingerprint density at radius 1 is 0.812 bits per heavy atom. The highest BCUT2D eigenvalue weighted by molar-refractivity contribution is 6.31. The molecule has 0 bridgehead atoms. The Morgan fingerprint density at radius 3 is 2.25 bits per heavy atom. The molecule has 32 heavy (non-hydrogen) atoms. The zero-order chi connectivity index (χ0) is 22.3. The van der Waals surface area contributed by atoms with Crippen molar-refractivity contribution >= 4 is 57.2 Å². The number of benzene rings is 2. The van der Waals surface area contributed by atoms with E-state index in [1.807, 2.05) is 41.2 Å². The van der Waals surface area contributed by atoms with Gasteiger partial charge in [-0.05, 0) is 59.1 Å². The van der Waals surface area contributed by atoms with Gasteiger partial charge in [-0.15, -0.1) is 0 Å². The molecule has 0 saturated carbocycles. The first kappa shape index (κ1) is 22.0. The summed E-state index contributed by atoms with van der Waals surface area (Å²) >= 11 is 16.6. The van der Waals surface area contributed by atoms with Gasteiger partial charge in [0.15, 0.2) is 0 Å². The number of hydrogen-bond donors (Lipinski definition) is 1. The van der Waals surface area contributed by atoms with Crippen molar-refractivity contribution in [3.8, 4) is 0 Å². The average Bonchev–Trinajstić information content (AvgIpc) is 3.17. The van der Waals surface area contributed by atoms with Gasteiger partial charge in [-0.25, -0.2) is 19.9 Å². The second kappa shape index (κ2) is 10.4. The fraction of sp³-hybridized carbons (Fsp3) is 0.0455. The molecule has 0 aliphatic carbocycles. The van der Waals surface area contributed by atoms with E-state index in [9.17, 15) is 0 Å². The van der Waals surface area contributed by atoms with E-state index in [0.29, 0.717) is 11.0 Å². The smallest absolute Gasteiger partial charge is 0.224 e. The van der Waals surface area contributed by atoms with E-state index in [-0.39, 0.29) is 10.6 Å². The van der Waals surface area contributed by atoms with Crippen molar-refractivity contribution in [2.24, 2.45) is 0 Å². The molecule has 1 N–H and O–H groups in total. The highest BCUT2D eigenvalue weighted by Crippen LogP contribution is 2.22. The number of rotatable bonds is 4. The second-order valence-corrected chi connectivity index (χ2v) is 7.61. The van der Waals surface area contributed by atoms with Crippen LogP contribution in [-0.2, 0) is 6.54 Å². The Kier molecular flexibility index (Phi) is 7.11. The van der Waals surface area contributed by atoms with E-state index >= 15 is 0 Å². The molecule has 10 heteroatoms. The predicted octanol–water partition coefficient (Wildman–Crippen LogP) is 6.06. The second-order valence-electron chi connectivity index (χ2n) is 6.55. The molecule has 0 aliphatic rings. The number of fused-ring (bicyclic) bond motifs is 1. The van der Waals surface area contributed by atoms with Gasteiger partial charge in [0.25, 0.3) is 0 Å². The van der Waals surface area contributed by atoms with E-state index in [4.69, 9.17) is 34.8 Å². The van der Waals surface area contributed by atoms with Gasteiger partial charge in [0.2, 0.25) is 10.6 Å². The van der Waals surface area contributed by atoms with Crippen LogP contribution in [-0.4, -0.2) is 29.7 Å². The van der Waals surface area contributed by atoms with Crippen molar-refractivity contribution in [3.63, 3.8) is 0 Å². The maximum Gasteiger partial charge on any atom is 0.224 e. The molecular formula is C22H16Cl3N7. The van der Waals surface area contributed by atoms with Gasteiger partial charge in [0.1, 0.15) is 11.0 Å². The fourth-order valence-electron chi connectivity index (χ4n) is 2.91. The number of hydrogen-bond acceptors (Lipinski definition) is 6. The van der Waals surface area contributed by atoms with Crippen molar-refractivity contribution in [1.82, 2.24) is 29.7 Å². The van der Waals surface area contributed by atoms with Crippen molar-refractivity contribution in [3.05, 3.63) is 101 Å². The van der Waals surface area contributed by atoms with Crippen LogP contribution >= 0.6 is 34.8 Å². The van der Waals surface area contributed by atoms with Gasteiger partial charge >= 0.3 is 0 Å². The minimum atomic E-state index is 0.178. The summed E-state index contributed by atoms with van der Waals surface area (Å²) in [4.78, 5) is 15.2. The number of anilines is 2. The van der Waals surface area contributed by atoms with Crippen molar-refractivity contribution in [1.29, 1.82) is 0 Å². The standard InChI is InChI=1S/C18H14ClN5.C4H2Cl2N2/c19-18-20-9-8-17(23-18)22-15-6-7-16-14(10-15)11-21-24(16)12-13-4-2-1-3-5-13;5-3-1-2-7-4(6)8-3/h1-11H,12H2,(H,20,22,23);1-2H. The van der Waals surface area contributed by atoms with Crippen LogP contribution in [0.15, 0.2) is 79.3 Å². The van der Waals surface area contributed by atoms with E-state index < -0.39 is 0 Å². The fourth-order valence-corrected chi connectivity index (χ4v) is 3.39. The lowest BCUT2D eigenvalue weighted by atomic mass is 10.2. The molecule has 3 aromatic heterocycles. The summed E-state index contributed by atoms with van der Waals surface area (Å²) in [6, 6.07) is 19.7. The number of halogens is 3. The third-order valence-corrected chi connectivity index (χ3v) is 4.88. The quantitative estimate of drug-likeness (QED) is 0.247. The van der Waals surface area contributed by atoms with Gasteiger partial charge < -0.3 is 5.32 Å². The topological polar surface area (TPSA) is 81.4 Å². The van der Waals surface area contributed by atoms with E-state index in [0.717, 1.165) is 23.1 Å². The SMILES string of the molecule is Clc1ccnc(Cl)n1.Clc1nccc(Nc2ccc3c(cnn3Cc3ccccc3)c2)n1. The van der Waals surface area contributed by atoms with Crippen LogP contribution in [0.1, 0.15) is 5.56 Å². The minimum Gasteiger partial charge on any atom is -0.340 e. The Morgan fingerprint density at radius 2 is 1.56 bits per heavy atom. The summed E-state index contributed by atoms with van der Waals surface area (Å²) in [5.41, 5.74) is 3.24. The van der Waals surface area contributed by atoms with Gasteiger partial charge in [-0.3, -0.25) is 4.68 Å². The third kappa shape index (κ3) is 5.91. The summed E-state index contributed by atoms with van der Waals surface area (Å²) in [6.45, 7) is 0.749. The Hall–Kier alpha value is -3.26. The lowest BCUT2D eigenvalue weighted by molar-refractivity contribution is 0.712. The molecule has 0 saturated heterocycles. The van der Waals surface area contributed by atoms with Crippen molar-refractivity contribution in [2.75, 3.05) is 5.32 Å². The zero-order valence-corrected chi connectivity index (χ0v) is 18.8. The largest absolute Gasteiger partial charge is 0.340 e. The van der Waals surface area contributed by atoms with Crippen LogP contribution in [0.4, 0.5) is 11.5 Å². The molecule has 2 aromatic carbocycles. The van der Waals surface area contributed by atoms with E-state index in [2.05, 4.69) is 48.6 Å². The highest BCUT2D eigenvalue weighted by atomic mass is 35.5. The van der Waals surface area contributed by atoms with E-state index in [1.54, 1.807) is 18.3 Å². The molecule has 0 fully saturated rings. The summed E-state index contributed by atoms with van der Waals surface area (Å²) in [6.07, 6.45) is 4.99. The van der Waals surface area contributed by atoms with Crippen LogP contribution in [0.2, 0.25) is 15.7 Å². The maximum absolute atomic E-state index is 5.81. The monoisotopic (exact) mass is 483 g/mol. The molecule has 0 atom stereocenters. The Bertz CT molecular complexity index is 1310. The van der Waals surface area contributed by atoms with Gasteiger partial charge in [0.05, 0.1) is 18.3 Å². The summed E-state index contributed by atoms with van der Waals surface area (Å²) in [7, 11) is 0. The van der Waals surface area contributed by atoms with Crippen molar-refractivity contribution < 1.29 is 0 Å². The predicted molar refractivity (Wildman–Crippen MR) is 128 cm³/mol. The van der Waals surface area contributed by atoms with E-state index in [1.165, 1.54) is 11.8 Å². The Balaban J connectivity index is 0.000000260. The lowest BCUT2D eigenvalue weighted by Crippen LogP contribution is -2.01. The highest BCUT2D eigenvalue weighted by Gasteiger charge is 2.05. The molecule has 0 aliphatic heterocycles. The van der Waals surface area contributed by atoms with Crippen LogP contribution in [0.25, 0.3) is 10.9 Å². The van der Waals surface area contributed by atoms with Gasteiger partial charge in [0, 0.05) is 23.5 Å². The molecule has 0 amide bonds. The average molecular weight is 485 g/mol. The number of nitrogens with one attached hydrogen (secondary N) is 1. The molecule has 3 heterocycles. The first-order valence-electron chi connectivity index (χ1n) is 9.46. The summed E-state index contributed by atoms with van der Waals surface area (Å²) < 4.78 is 2.00. The lowest BCUT2D eigenvalue weighted by Gasteiger charge is -2.07. The molecular weight excluding hydrogens is 469 g/mol. The zero-order valence-electron chi connectivity index (χ0n) is 16.5. The number of nitrogens with zero attached hydrogens (tertiary/aromatic N) is 6. The Labute approximate surface area is 199 Å². The minimum absolute atomic E-state index is 0.178. The first-order chi connectivity index (χ1) is 15.6. The maximum atomic E-state index is 5.81. The van der Waals surface area contributed by atoms with Gasteiger partial charge in [-0.1, -0.05) is 41.9 Å². The third-order valence-electron chi connectivity index (χ3n) is 4.31. The van der Waals surface area contributed by atoms with Crippen molar-refractivity contribution in [2.45, 2.75) is 6.54 Å². The van der Waals surface area contributed by atoms with Crippen LogP contribution in [0.5, 0.6) is 0 Å². The van der Waals surface area contributed by atoms with Gasteiger partial charge in [-0.2, -0.15) is 5.10 Å². The van der Waals surface area contributed by atoms with Crippen LogP contribution in [0.3, 0.4) is 0 Å². The molecule has 5 aromatic rings. The number of aromatic nitrogens is 6. The molecule has 0 radical (unpaired) electrons. The van der Waals surface area contributed by atoms with Crippen LogP contribution in [0, 0.1) is 0 Å². The molecule has 7 nitrogen and oxygen atoms in total. The molecule has 5 rings (SSSR count). The summed E-state index contributed by atoms with van der Waals surface area (Å²) in [5, 5.41) is 9.55. The normalized spacial score (nSPS) is 10.5. The molecule has 0 spiro atoms. The molecule has 0 unspecified atom stereocenters. The van der Waals surface area contributed by atoms with Crippen LogP contribution < -0.4 is 5.32 Å². The molecule has 160 valence electrons.